The second kappa shape index (κ2) is 10.1. The maximum absolute atomic E-state index is 12.0. The van der Waals surface area contributed by atoms with Crippen molar-refractivity contribution in [2.75, 3.05) is 38.1 Å². The molecular formula is C19H29N3O4. The molecule has 1 fully saturated rings. The van der Waals surface area contributed by atoms with Gasteiger partial charge in [-0.2, -0.15) is 0 Å². The Hall–Kier alpha value is -2.12. The number of nitrogens with one attached hydrogen (secondary N) is 2. The van der Waals surface area contributed by atoms with Gasteiger partial charge in [0, 0.05) is 31.9 Å². The molecule has 144 valence electrons. The van der Waals surface area contributed by atoms with Crippen LogP contribution in [0.1, 0.15) is 37.6 Å². The highest BCUT2D eigenvalue weighted by molar-refractivity contribution is 5.92. The second-order valence-corrected chi connectivity index (χ2v) is 6.61. The van der Waals surface area contributed by atoms with Crippen LogP contribution in [0.15, 0.2) is 24.3 Å². The molecule has 0 aliphatic carbocycles. The predicted molar refractivity (Wildman–Crippen MR) is 100 cm³/mol. The van der Waals surface area contributed by atoms with Crippen molar-refractivity contribution >= 4 is 17.7 Å². The number of amides is 2. The Balaban J connectivity index is 1.71. The standard InChI is InChI=1S/C19H29N3O4/c1-4-11-25-18(23)16-5-7-17(8-6-16)21-19(24)20-9-10-22-12-14(2)26-15(3)13-22/h5-8,14-15H,4,9-13H2,1-3H3,(H2,20,21,24). The van der Waals surface area contributed by atoms with Gasteiger partial charge in [0.2, 0.25) is 0 Å². The smallest absolute Gasteiger partial charge is 0.338 e. The zero-order valence-electron chi connectivity index (χ0n) is 15.8. The molecule has 1 aliphatic rings. The normalized spacial score (nSPS) is 20.4. The number of nitrogens with zero attached hydrogens (tertiary/aromatic N) is 1. The molecule has 1 aromatic rings. The average molecular weight is 363 g/mol. The molecule has 1 saturated heterocycles. The fraction of sp³-hybridized carbons (Fsp3) is 0.579. The van der Waals surface area contributed by atoms with Gasteiger partial charge in [-0.15, -0.1) is 0 Å². The Morgan fingerprint density at radius 1 is 1.19 bits per heavy atom. The first-order valence-electron chi connectivity index (χ1n) is 9.17. The monoisotopic (exact) mass is 363 g/mol. The minimum atomic E-state index is -0.350. The highest BCUT2D eigenvalue weighted by atomic mass is 16.5. The summed E-state index contributed by atoms with van der Waals surface area (Å²) in [5, 5.41) is 5.61. The van der Waals surface area contributed by atoms with E-state index in [4.69, 9.17) is 9.47 Å². The van der Waals surface area contributed by atoms with Crippen LogP contribution in [0.5, 0.6) is 0 Å². The number of benzene rings is 1. The van der Waals surface area contributed by atoms with E-state index in [1.165, 1.54) is 0 Å². The maximum atomic E-state index is 12.0. The fourth-order valence-corrected chi connectivity index (χ4v) is 2.94. The third kappa shape index (κ3) is 6.65. The lowest BCUT2D eigenvalue weighted by Crippen LogP contribution is -2.48. The quantitative estimate of drug-likeness (QED) is 0.728. The number of ether oxygens (including phenoxy) is 2. The Bertz CT molecular complexity index is 581. The van der Waals surface area contributed by atoms with Crippen LogP contribution in [-0.2, 0) is 9.47 Å². The highest BCUT2D eigenvalue weighted by Crippen LogP contribution is 2.11. The molecule has 2 rings (SSSR count). The number of carbonyl (C=O) groups excluding carboxylic acids is 2. The second-order valence-electron chi connectivity index (χ2n) is 6.61. The number of urea groups is 1. The molecule has 1 aliphatic heterocycles. The zero-order valence-corrected chi connectivity index (χ0v) is 15.8. The maximum Gasteiger partial charge on any atom is 0.338 e. The van der Waals surface area contributed by atoms with E-state index < -0.39 is 0 Å². The Morgan fingerprint density at radius 3 is 2.46 bits per heavy atom. The summed E-state index contributed by atoms with van der Waals surface area (Å²) in [5.41, 5.74) is 1.10. The zero-order chi connectivity index (χ0) is 18.9. The van der Waals surface area contributed by atoms with E-state index in [1.54, 1.807) is 24.3 Å². The predicted octanol–water partition coefficient (Wildman–Crippen LogP) is 2.48. The first-order valence-corrected chi connectivity index (χ1v) is 9.17. The third-order valence-electron chi connectivity index (χ3n) is 4.02. The SMILES string of the molecule is CCCOC(=O)c1ccc(NC(=O)NCCN2CC(C)OC(C)C2)cc1. The van der Waals surface area contributed by atoms with E-state index in [0.29, 0.717) is 24.4 Å². The summed E-state index contributed by atoms with van der Waals surface area (Å²) in [7, 11) is 0. The van der Waals surface area contributed by atoms with Crippen LogP contribution < -0.4 is 10.6 Å². The molecule has 1 heterocycles. The van der Waals surface area contributed by atoms with E-state index in [9.17, 15) is 9.59 Å². The third-order valence-corrected chi connectivity index (χ3v) is 4.02. The van der Waals surface area contributed by atoms with Crippen molar-refractivity contribution < 1.29 is 19.1 Å². The van der Waals surface area contributed by atoms with Crippen LogP contribution in [0, 0.1) is 0 Å². The van der Waals surface area contributed by atoms with Gasteiger partial charge in [0.25, 0.3) is 0 Å². The summed E-state index contributed by atoms with van der Waals surface area (Å²) in [5.74, 6) is -0.350. The fourth-order valence-electron chi connectivity index (χ4n) is 2.94. The Morgan fingerprint density at radius 2 is 1.85 bits per heavy atom. The van der Waals surface area contributed by atoms with Crippen LogP contribution in [0.25, 0.3) is 0 Å². The summed E-state index contributed by atoms with van der Waals surface area (Å²) in [6.07, 6.45) is 1.22. The number of carbonyl (C=O) groups is 2. The summed E-state index contributed by atoms with van der Waals surface area (Å²) in [6.45, 7) is 9.57. The van der Waals surface area contributed by atoms with E-state index in [1.807, 2.05) is 6.92 Å². The van der Waals surface area contributed by atoms with Gasteiger partial charge in [-0.05, 0) is 44.5 Å². The molecule has 2 unspecified atom stereocenters. The van der Waals surface area contributed by atoms with Gasteiger partial charge in [0.05, 0.1) is 24.4 Å². The first-order chi connectivity index (χ1) is 12.5. The van der Waals surface area contributed by atoms with Crippen LogP contribution in [-0.4, -0.2) is 61.9 Å². The van der Waals surface area contributed by atoms with E-state index in [2.05, 4.69) is 29.4 Å². The Labute approximate surface area is 155 Å². The van der Waals surface area contributed by atoms with Crippen molar-refractivity contribution in [3.63, 3.8) is 0 Å². The van der Waals surface area contributed by atoms with E-state index in [-0.39, 0.29) is 24.2 Å². The summed E-state index contributed by atoms with van der Waals surface area (Å²) in [6, 6.07) is 6.40. The van der Waals surface area contributed by atoms with Gasteiger partial charge < -0.3 is 20.1 Å². The molecule has 0 spiro atoms. The molecule has 2 amide bonds. The molecule has 7 heteroatoms. The van der Waals surface area contributed by atoms with Gasteiger partial charge in [-0.25, -0.2) is 9.59 Å². The lowest BCUT2D eigenvalue weighted by molar-refractivity contribution is -0.0672. The van der Waals surface area contributed by atoms with Gasteiger partial charge in [0.1, 0.15) is 0 Å². The highest BCUT2D eigenvalue weighted by Gasteiger charge is 2.21. The summed E-state index contributed by atoms with van der Waals surface area (Å²) < 4.78 is 10.8. The van der Waals surface area contributed by atoms with E-state index >= 15 is 0 Å². The van der Waals surface area contributed by atoms with Crippen molar-refractivity contribution in [1.82, 2.24) is 10.2 Å². The minimum absolute atomic E-state index is 0.218. The van der Waals surface area contributed by atoms with Crippen molar-refractivity contribution in [3.8, 4) is 0 Å². The molecule has 2 atom stereocenters. The molecule has 7 nitrogen and oxygen atoms in total. The lowest BCUT2D eigenvalue weighted by Gasteiger charge is -2.35. The van der Waals surface area contributed by atoms with Crippen LogP contribution in [0.2, 0.25) is 0 Å². The number of hydrogen-bond acceptors (Lipinski definition) is 5. The van der Waals surface area contributed by atoms with Crippen molar-refractivity contribution in [1.29, 1.82) is 0 Å². The Kier molecular flexibility index (Phi) is 7.87. The summed E-state index contributed by atoms with van der Waals surface area (Å²) in [4.78, 5) is 26.0. The number of rotatable bonds is 7. The average Bonchev–Trinajstić information content (AvgIpc) is 2.59. The van der Waals surface area contributed by atoms with Gasteiger partial charge in [0.15, 0.2) is 0 Å². The number of esters is 1. The van der Waals surface area contributed by atoms with Gasteiger partial charge >= 0.3 is 12.0 Å². The first kappa shape index (κ1) is 20.2. The molecule has 1 aromatic carbocycles. The van der Waals surface area contributed by atoms with Crippen molar-refractivity contribution in [2.24, 2.45) is 0 Å². The van der Waals surface area contributed by atoms with Gasteiger partial charge in [-0.1, -0.05) is 6.92 Å². The number of anilines is 1. The van der Waals surface area contributed by atoms with Crippen LogP contribution in [0.3, 0.4) is 0 Å². The number of morpholine rings is 1. The number of hydrogen-bond donors (Lipinski definition) is 2. The molecule has 26 heavy (non-hydrogen) atoms. The molecule has 0 radical (unpaired) electrons. The molecule has 2 N–H and O–H groups in total. The van der Waals surface area contributed by atoms with Crippen LogP contribution >= 0.6 is 0 Å². The van der Waals surface area contributed by atoms with Crippen molar-refractivity contribution in [3.05, 3.63) is 29.8 Å². The lowest BCUT2D eigenvalue weighted by atomic mass is 10.2. The van der Waals surface area contributed by atoms with Gasteiger partial charge in [-0.3, -0.25) is 4.90 Å². The molecule has 0 bridgehead atoms. The topological polar surface area (TPSA) is 79.9 Å². The van der Waals surface area contributed by atoms with Crippen LogP contribution in [0.4, 0.5) is 10.5 Å². The van der Waals surface area contributed by atoms with Crippen molar-refractivity contribution in [2.45, 2.75) is 39.4 Å². The molecular weight excluding hydrogens is 334 g/mol. The summed E-state index contributed by atoms with van der Waals surface area (Å²) >= 11 is 0. The minimum Gasteiger partial charge on any atom is -0.462 e. The van der Waals surface area contributed by atoms with E-state index in [0.717, 1.165) is 26.1 Å². The molecule has 0 saturated carbocycles. The molecule has 0 aromatic heterocycles. The largest absolute Gasteiger partial charge is 0.462 e.